The van der Waals surface area contributed by atoms with Crippen LogP contribution >= 0.6 is 39.3 Å². The molecule has 3 aromatic carbocycles. The molecule has 9 nitrogen and oxygen atoms in total. The average molecular weight is 644 g/mol. The van der Waals surface area contributed by atoms with Crippen LogP contribution in [0.4, 0.5) is 5.69 Å². The van der Waals surface area contributed by atoms with Crippen molar-refractivity contribution in [3.05, 3.63) is 119 Å². The van der Waals surface area contributed by atoms with Crippen LogP contribution in [0.3, 0.4) is 0 Å². The van der Waals surface area contributed by atoms with Crippen molar-refractivity contribution in [1.82, 2.24) is 0 Å². The normalized spacial score (nSPS) is 15.0. The smallest absolute Gasteiger partial charge is 0.344 e. The maximum Gasteiger partial charge on any atom is 0.344 e. The third kappa shape index (κ3) is 6.79. The summed E-state index contributed by atoms with van der Waals surface area (Å²) in [6.07, 6.45) is 1.63. The lowest BCUT2D eigenvalue weighted by atomic mass is 10.1. The highest BCUT2D eigenvalue weighted by Crippen LogP contribution is 2.40. The molecule has 0 unspecified atom stereocenters. The molecule has 0 bridgehead atoms. The zero-order valence-electron chi connectivity index (χ0n) is 20.8. The summed E-state index contributed by atoms with van der Waals surface area (Å²) >= 11 is 10.5. The molecule has 0 spiro atoms. The third-order valence-corrected chi connectivity index (χ3v) is 7.44. The molecule has 40 heavy (non-hydrogen) atoms. The van der Waals surface area contributed by atoms with Gasteiger partial charge in [-0.25, -0.2) is 9.79 Å². The monoisotopic (exact) mass is 642 g/mol. The van der Waals surface area contributed by atoms with E-state index in [2.05, 4.69) is 20.9 Å². The fourth-order valence-corrected chi connectivity index (χ4v) is 5.27. The van der Waals surface area contributed by atoms with Crippen LogP contribution in [0, 0.1) is 10.1 Å². The third-order valence-electron chi connectivity index (χ3n) is 5.47. The molecular formula is C28H20BrClN2O7S. The molecule has 204 valence electrons. The van der Waals surface area contributed by atoms with Crippen LogP contribution in [0.1, 0.15) is 28.4 Å². The Morgan fingerprint density at radius 3 is 2.52 bits per heavy atom. The van der Waals surface area contributed by atoms with Gasteiger partial charge in [0, 0.05) is 12.1 Å². The molecule has 0 saturated carbocycles. The zero-order valence-corrected chi connectivity index (χ0v) is 24.0. The summed E-state index contributed by atoms with van der Waals surface area (Å²) in [5.74, 6) is -1.30. The molecule has 0 atom stereocenters. The summed E-state index contributed by atoms with van der Waals surface area (Å²) in [5.41, 5.74) is 1.36. The van der Waals surface area contributed by atoms with E-state index < -0.39 is 16.8 Å². The number of nitro benzene ring substituents is 1. The fraction of sp³-hybridized carbons (Fsp3) is 0.107. The maximum absolute atomic E-state index is 12.8. The summed E-state index contributed by atoms with van der Waals surface area (Å²) < 4.78 is 11.5. The number of esters is 1. The fourth-order valence-electron chi connectivity index (χ4n) is 3.53. The van der Waals surface area contributed by atoms with Crippen LogP contribution < -0.4 is 4.74 Å². The van der Waals surface area contributed by atoms with E-state index in [0.29, 0.717) is 20.7 Å². The van der Waals surface area contributed by atoms with Crippen LogP contribution in [-0.4, -0.2) is 33.6 Å². The van der Waals surface area contributed by atoms with E-state index in [1.54, 1.807) is 61.5 Å². The SMILES string of the molecule is CCOC(=O)C1=C(O)/C(=C/c2ccc(OCc3ccc([N+](=O)[O-])cc3)c(Br)c2)SC1=NC(=O)c1ccccc1Cl. The molecule has 1 amide bonds. The van der Waals surface area contributed by atoms with Crippen molar-refractivity contribution in [3.8, 4) is 5.75 Å². The first-order valence-electron chi connectivity index (χ1n) is 11.7. The van der Waals surface area contributed by atoms with Crippen LogP contribution in [0.2, 0.25) is 5.02 Å². The number of amides is 1. The van der Waals surface area contributed by atoms with E-state index in [0.717, 1.165) is 17.3 Å². The Kier molecular flexibility index (Phi) is 9.41. The largest absolute Gasteiger partial charge is 0.506 e. The minimum Gasteiger partial charge on any atom is -0.506 e. The lowest BCUT2D eigenvalue weighted by Crippen LogP contribution is -2.14. The number of aliphatic imine (C=N–C) groups is 1. The van der Waals surface area contributed by atoms with Gasteiger partial charge in [-0.15, -0.1) is 0 Å². The minimum atomic E-state index is -0.808. The second-order valence-electron chi connectivity index (χ2n) is 8.16. The number of aliphatic hydroxyl groups is 1. The number of non-ortho nitro benzene ring substituents is 1. The number of ether oxygens (including phenoxy) is 2. The Hall–Kier alpha value is -3.93. The van der Waals surface area contributed by atoms with E-state index in [1.807, 2.05) is 0 Å². The van der Waals surface area contributed by atoms with Crippen molar-refractivity contribution in [3.63, 3.8) is 0 Å². The molecule has 0 aliphatic carbocycles. The quantitative estimate of drug-likeness (QED) is 0.154. The van der Waals surface area contributed by atoms with E-state index in [9.17, 15) is 24.8 Å². The predicted octanol–water partition coefficient (Wildman–Crippen LogP) is 7.29. The molecule has 1 aliphatic heterocycles. The number of carbonyl (C=O) groups is 2. The average Bonchev–Trinajstić information content (AvgIpc) is 3.22. The Morgan fingerprint density at radius 1 is 1.15 bits per heavy atom. The van der Waals surface area contributed by atoms with Gasteiger partial charge in [-0.3, -0.25) is 14.9 Å². The number of halogens is 2. The standard InChI is InChI=1S/C28H20BrClN2O7S/c1-2-38-28(35)24-25(33)23(40-27(24)31-26(34)19-5-3-4-6-21(19)30)14-17-9-12-22(20(29)13-17)39-15-16-7-10-18(11-8-16)32(36)37/h3-14,33H,2,15H2,1H3/b23-14-,31-27?. The summed E-state index contributed by atoms with van der Waals surface area (Å²) in [4.78, 5) is 40.1. The lowest BCUT2D eigenvalue weighted by Gasteiger charge is -2.09. The second-order valence-corrected chi connectivity index (χ2v) is 10.5. The number of carbonyl (C=O) groups excluding carboxylic acids is 2. The number of thioether (sulfide) groups is 1. The number of nitrogens with zero attached hydrogens (tertiary/aromatic N) is 2. The number of benzene rings is 3. The van der Waals surface area contributed by atoms with Gasteiger partial charge < -0.3 is 14.6 Å². The number of hydrogen-bond acceptors (Lipinski definition) is 8. The van der Waals surface area contributed by atoms with Gasteiger partial charge in [0.05, 0.1) is 31.5 Å². The minimum absolute atomic E-state index is 0.00282. The number of rotatable bonds is 8. The van der Waals surface area contributed by atoms with Crippen molar-refractivity contribution >= 4 is 68.0 Å². The van der Waals surface area contributed by atoms with Crippen molar-refractivity contribution in [1.29, 1.82) is 0 Å². The predicted molar refractivity (Wildman–Crippen MR) is 157 cm³/mol. The number of hydrogen-bond donors (Lipinski definition) is 1. The van der Waals surface area contributed by atoms with E-state index in [4.69, 9.17) is 21.1 Å². The van der Waals surface area contributed by atoms with Gasteiger partial charge in [0.15, 0.2) is 0 Å². The topological polar surface area (TPSA) is 128 Å². The summed E-state index contributed by atoms with van der Waals surface area (Å²) in [5, 5.41) is 21.9. The van der Waals surface area contributed by atoms with Crippen LogP contribution in [0.25, 0.3) is 6.08 Å². The summed E-state index contributed by atoms with van der Waals surface area (Å²) in [7, 11) is 0. The molecule has 1 aliphatic rings. The van der Waals surface area contributed by atoms with Crippen molar-refractivity contribution in [2.45, 2.75) is 13.5 Å². The number of aliphatic hydroxyl groups excluding tert-OH is 1. The maximum atomic E-state index is 12.8. The molecule has 0 aromatic heterocycles. The molecule has 0 saturated heterocycles. The highest BCUT2D eigenvalue weighted by molar-refractivity contribution is 9.10. The zero-order chi connectivity index (χ0) is 28.8. The first kappa shape index (κ1) is 29.1. The molecule has 4 rings (SSSR count). The first-order valence-corrected chi connectivity index (χ1v) is 13.7. The molecule has 1 heterocycles. The van der Waals surface area contributed by atoms with Crippen molar-refractivity contribution < 1.29 is 29.1 Å². The van der Waals surface area contributed by atoms with Gasteiger partial charge in [0.2, 0.25) is 0 Å². The van der Waals surface area contributed by atoms with E-state index >= 15 is 0 Å². The van der Waals surface area contributed by atoms with Gasteiger partial charge in [-0.05, 0) is 76.5 Å². The Balaban J connectivity index is 1.57. The molecule has 3 aromatic rings. The molecule has 0 fully saturated rings. The molecule has 0 radical (unpaired) electrons. The van der Waals surface area contributed by atoms with Gasteiger partial charge in [0.25, 0.3) is 11.6 Å². The lowest BCUT2D eigenvalue weighted by molar-refractivity contribution is -0.384. The van der Waals surface area contributed by atoms with Gasteiger partial charge in [0.1, 0.15) is 28.7 Å². The van der Waals surface area contributed by atoms with Crippen molar-refractivity contribution in [2.75, 3.05) is 6.61 Å². The van der Waals surface area contributed by atoms with E-state index in [-0.39, 0.29) is 45.9 Å². The van der Waals surface area contributed by atoms with Crippen LogP contribution in [-0.2, 0) is 16.1 Å². The Labute approximate surface area is 246 Å². The molecular weight excluding hydrogens is 624 g/mol. The van der Waals surface area contributed by atoms with Crippen LogP contribution in [0.5, 0.6) is 5.75 Å². The van der Waals surface area contributed by atoms with Crippen molar-refractivity contribution in [2.24, 2.45) is 4.99 Å². The summed E-state index contributed by atoms with van der Waals surface area (Å²) in [6, 6.07) is 17.6. The molecule has 1 N–H and O–H groups in total. The molecule has 12 heteroatoms. The second kappa shape index (κ2) is 12.9. The summed E-state index contributed by atoms with van der Waals surface area (Å²) in [6.45, 7) is 1.89. The highest BCUT2D eigenvalue weighted by Gasteiger charge is 2.34. The Morgan fingerprint density at radius 2 is 1.88 bits per heavy atom. The number of nitro groups is 1. The van der Waals surface area contributed by atoms with E-state index in [1.165, 1.54) is 18.2 Å². The van der Waals surface area contributed by atoms with Gasteiger partial charge >= 0.3 is 5.97 Å². The van der Waals surface area contributed by atoms with Gasteiger partial charge in [-0.2, -0.15) is 0 Å². The first-order chi connectivity index (χ1) is 19.2. The van der Waals surface area contributed by atoms with Gasteiger partial charge in [-0.1, -0.05) is 41.6 Å². The Bertz CT molecular complexity index is 1590. The highest BCUT2D eigenvalue weighted by atomic mass is 79.9. The van der Waals surface area contributed by atoms with Crippen LogP contribution in [0.15, 0.2) is 92.4 Å².